The number of nitrogens with zero attached hydrogens (tertiary/aromatic N) is 3. The summed E-state index contributed by atoms with van der Waals surface area (Å²) in [5.74, 6) is 1.44. The third kappa shape index (κ3) is 4.58. The molecule has 7 aromatic carbocycles. The zero-order valence-electron chi connectivity index (χ0n) is 31.2. The number of hydrogen-bond donors (Lipinski definition) is 1. The Bertz CT molecular complexity index is 2900. The average Bonchev–Trinajstić information content (AvgIpc) is 3.90. The average molecular weight is 731 g/mol. The second kappa shape index (κ2) is 12.4. The molecule has 1 aliphatic carbocycles. The number of aromatic nitrogens is 1. The molecule has 4 nitrogen and oxygen atoms in total. The molecule has 0 amide bonds. The minimum absolute atomic E-state index is 0.0261. The van der Waals surface area contributed by atoms with Crippen LogP contribution in [0.2, 0.25) is 0 Å². The van der Waals surface area contributed by atoms with Crippen LogP contribution in [-0.2, 0) is 5.41 Å². The maximum absolute atomic E-state index is 4.52. The number of anilines is 3. The van der Waals surface area contributed by atoms with Gasteiger partial charge in [0.15, 0.2) is 0 Å². The first-order valence-electron chi connectivity index (χ1n) is 19.9. The fourth-order valence-electron chi connectivity index (χ4n) is 10.4. The molecule has 0 bridgehead atoms. The van der Waals surface area contributed by atoms with E-state index < -0.39 is 5.41 Å². The minimum atomic E-state index is -0.432. The highest BCUT2D eigenvalue weighted by Gasteiger charge is 2.53. The van der Waals surface area contributed by atoms with Crippen LogP contribution in [0.3, 0.4) is 0 Å². The predicted octanol–water partition coefficient (Wildman–Crippen LogP) is 12.2. The molecule has 0 radical (unpaired) electrons. The number of aliphatic imine (C=N–C) groups is 1. The topological polar surface area (TPSA) is 32.6 Å². The fourth-order valence-corrected chi connectivity index (χ4v) is 10.4. The van der Waals surface area contributed by atoms with Gasteiger partial charge in [-0.25, -0.2) is 0 Å². The van der Waals surface area contributed by atoms with E-state index in [-0.39, 0.29) is 12.1 Å². The highest BCUT2D eigenvalue weighted by molar-refractivity contribution is 6.07. The summed E-state index contributed by atoms with van der Waals surface area (Å²) in [5.41, 5.74) is 15.8. The summed E-state index contributed by atoms with van der Waals surface area (Å²) in [7, 11) is 0. The normalized spacial score (nSPS) is 19.3. The third-order valence-corrected chi connectivity index (χ3v) is 12.8. The van der Waals surface area contributed by atoms with E-state index in [0.717, 1.165) is 11.5 Å². The van der Waals surface area contributed by atoms with Crippen molar-refractivity contribution in [2.24, 2.45) is 4.99 Å². The van der Waals surface area contributed by atoms with Crippen molar-refractivity contribution in [2.45, 2.75) is 23.4 Å². The van der Waals surface area contributed by atoms with Crippen LogP contribution >= 0.6 is 0 Å². The van der Waals surface area contributed by atoms with Crippen LogP contribution in [0.5, 0.6) is 0 Å². The number of nitrogens with one attached hydrogen (secondary N) is 1. The largest absolute Gasteiger partial charge is 0.362 e. The molecule has 0 spiro atoms. The zero-order valence-corrected chi connectivity index (χ0v) is 31.2. The Kier molecular flexibility index (Phi) is 7.00. The molecule has 0 saturated heterocycles. The molecule has 4 heterocycles. The van der Waals surface area contributed by atoms with Gasteiger partial charge in [0, 0.05) is 46.3 Å². The van der Waals surface area contributed by atoms with Crippen LogP contribution in [0.15, 0.2) is 199 Å². The quantitative estimate of drug-likeness (QED) is 0.191. The lowest BCUT2D eigenvalue weighted by Gasteiger charge is -2.40. The molecule has 4 heteroatoms. The van der Waals surface area contributed by atoms with E-state index in [1.54, 1.807) is 0 Å². The number of para-hydroxylation sites is 2. The summed E-state index contributed by atoms with van der Waals surface area (Å²) >= 11 is 0. The Morgan fingerprint density at radius 2 is 1.21 bits per heavy atom. The van der Waals surface area contributed by atoms with Gasteiger partial charge in [-0.2, -0.15) is 0 Å². The van der Waals surface area contributed by atoms with E-state index >= 15 is 0 Å². The number of rotatable bonds is 5. The van der Waals surface area contributed by atoms with E-state index in [2.05, 4.69) is 220 Å². The van der Waals surface area contributed by atoms with Crippen LogP contribution in [0, 0.1) is 0 Å². The Morgan fingerprint density at radius 3 is 1.96 bits per heavy atom. The Morgan fingerprint density at radius 1 is 0.579 bits per heavy atom. The Labute approximate surface area is 332 Å². The summed E-state index contributed by atoms with van der Waals surface area (Å²) in [6.45, 7) is 0. The lowest BCUT2D eigenvalue weighted by Crippen LogP contribution is -2.44. The van der Waals surface area contributed by atoms with Crippen molar-refractivity contribution in [1.29, 1.82) is 0 Å². The van der Waals surface area contributed by atoms with Crippen LogP contribution in [0.1, 0.15) is 39.3 Å². The first-order chi connectivity index (χ1) is 28.3. The third-order valence-electron chi connectivity index (χ3n) is 12.8. The van der Waals surface area contributed by atoms with E-state index in [1.807, 2.05) is 6.20 Å². The van der Waals surface area contributed by atoms with Crippen molar-refractivity contribution in [3.8, 4) is 16.8 Å². The second-order valence-electron chi connectivity index (χ2n) is 15.6. The van der Waals surface area contributed by atoms with Crippen LogP contribution < -0.4 is 10.2 Å². The smallest absolute Gasteiger partial charge is 0.119 e. The van der Waals surface area contributed by atoms with Gasteiger partial charge in [-0.15, -0.1) is 0 Å². The van der Waals surface area contributed by atoms with Gasteiger partial charge in [0.2, 0.25) is 0 Å². The molecule has 0 fully saturated rings. The second-order valence-corrected chi connectivity index (χ2v) is 15.6. The lowest BCUT2D eigenvalue weighted by molar-refractivity contribution is 0.603. The monoisotopic (exact) mass is 730 g/mol. The van der Waals surface area contributed by atoms with E-state index in [0.29, 0.717) is 5.92 Å². The van der Waals surface area contributed by atoms with Crippen molar-refractivity contribution in [3.05, 3.63) is 228 Å². The fraction of sp³-hybridized carbons (Fsp3) is 0.0755. The summed E-state index contributed by atoms with van der Waals surface area (Å²) in [4.78, 5) is 6.95. The summed E-state index contributed by atoms with van der Waals surface area (Å²) in [6.07, 6.45) is 8.71. The molecular weight excluding hydrogens is 693 g/mol. The Balaban J connectivity index is 0.950. The van der Waals surface area contributed by atoms with Crippen molar-refractivity contribution in [2.75, 3.05) is 10.2 Å². The van der Waals surface area contributed by atoms with Crippen LogP contribution in [0.4, 0.5) is 17.2 Å². The molecule has 3 atom stereocenters. The highest BCUT2D eigenvalue weighted by atomic mass is 15.2. The Hall–Kier alpha value is -7.17. The van der Waals surface area contributed by atoms with Gasteiger partial charge >= 0.3 is 0 Å². The molecule has 270 valence electrons. The number of hydrogen-bond acceptors (Lipinski definition) is 3. The predicted molar refractivity (Wildman–Crippen MR) is 236 cm³/mol. The maximum Gasteiger partial charge on any atom is 0.119 e. The van der Waals surface area contributed by atoms with Crippen molar-refractivity contribution >= 4 is 46.0 Å². The van der Waals surface area contributed by atoms with Crippen molar-refractivity contribution in [3.63, 3.8) is 0 Å². The van der Waals surface area contributed by atoms with Crippen molar-refractivity contribution < 1.29 is 0 Å². The number of benzene rings is 7. The number of fused-ring (bicyclic) bond motifs is 9. The van der Waals surface area contributed by atoms with Gasteiger partial charge < -0.3 is 10.2 Å². The van der Waals surface area contributed by atoms with Gasteiger partial charge in [-0.05, 0) is 87.0 Å². The first kappa shape index (κ1) is 32.1. The molecule has 3 unspecified atom stereocenters. The molecule has 8 aromatic rings. The standard InChI is InChI=1S/C53H38N4/c1-3-13-37(14-4-1)53(38-15-5-2-6-16-38)47-20-10-7-17-41(47)45-33-46-43-19-9-12-22-49(43)57(52(46)55-51(45)53)40-29-25-36(26-30-40)35-23-27-39(28-24-35)56-48-21-11-8-18-42(48)44-31-32-54-34-50(44)56/h1-34,44,50-51,55H. The highest BCUT2D eigenvalue weighted by Crippen LogP contribution is 2.57. The lowest BCUT2D eigenvalue weighted by atomic mass is 9.67. The molecule has 57 heavy (non-hydrogen) atoms. The SMILES string of the molecule is C1=CC2c3ccccc3N(c3ccc(-c4ccc(-n5c6c(c7ccccc75)C=C5c7ccccc7C(c7ccccc7)(c7ccccc7)C5N6)cc4)cc3)C2C=N1. The molecule has 3 aliphatic heterocycles. The minimum Gasteiger partial charge on any atom is -0.362 e. The molecule has 1 N–H and O–H groups in total. The maximum atomic E-state index is 4.52. The van der Waals surface area contributed by atoms with Gasteiger partial charge in [0.05, 0.1) is 23.0 Å². The van der Waals surface area contributed by atoms with Gasteiger partial charge in [0.1, 0.15) is 5.82 Å². The molecule has 4 aliphatic rings. The molecule has 1 aromatic heterocycles. The first-order valence-corrected chi connectivity index (χ1v) is 19.9. The summed E-state index contributed by atoms with van der Waals surface area (Å²) in [6, 6.07) is 66.9. The van der Waals surface area contributed by atoms with Crippen LogP contribution in [0.25, 0.3) is 39.4 Å². The van der Waals surface area contributed by atoms with Crippen LogP contribution in [-0.4, -0.2) is 22.9 Å². The molecule has 0 saturated carbocycles. The van der Waals surface area contributed by atoms with Gasteiger partial charge in [-0.1, -0.05) is 152 Å². The van der Waals surface area contributed by atoms with Gasteiger partial charge in [-0.3, -0.25) is 9.56 Å². The zero-order chi connectivity index (χ0) is 37.5. The van der Waals surface area contributed by atoms with Crippen molar-refractivity contribution in [1.82, 2.24) is 4.57 Å². The van der Waals surface area contributed by atoms with Gasteiger partial charge in [0.25, 0.3) is 0 Å². The summed E-state index contributed by atoms with van der Waals surface area (Å²) in [5, 5.41) is 5.47. The molecular formula is C53H38N4. The summed E-state index contributed by atoms with van der Waals surface area (Å²) < 4.78 is 2.43. The molecule has 12 rings (SSSR count). The van der Waals surface area contributed by atoms with E-state index in [9.17, 15) is 0 Å². The van der Waals surface area contributed by atoms with E-state index in [1.165, 1.54) is 72.4 Å². The van der Waals surface area contributed by atoms with E-state index in [4.69, 9.17) is 0 Å².